The standard InChI is InChI=1S/C26H43N7O8/c1-26(2,10-14-34)41-15-9-21(35)31-16-22(36)33-20(4-3-12-29-24(28)38)23(37)32-19-7-5-18(6-8-19)17-40-25(39)30-13-11-27/h5-8,20,34H,3-4,9-17,27H2,1-2H3,(H,30,39)(H,31,35)(H,32,37)(H,33,36)(H3,28,29,38). The van der Waals surface area contributed by atoms with Gasteiger partial charge in [0.2, 0.25) is 17.7 Å². The van der Waals surface area contributed by atoms with Crippen LogP contribution in [0.4, 0.5) is 15.3 Å². The molecular formula is C26H43N7O8. The number of primary amides is 1. The molecule has 0 aliphatic carbocycles. The Labute approximate surface area is 239 Å². The predicted octanol–water partition coefficient (Wildman–Crippen LogP) is -0.573. The molecule has 1 aromatic carbocycles. The second-order valence-electron chi connectivity index (χ2n) is 9.64. The summed E-state index contributed by atoms with van der Waals surface area (Å²) in [5, 5.41) is 21.7. The molecule has 0 aliphatic heterocycles. The number of hydrogen-bond donors (Lipinski definition) is 8. The molecule has 0 saturated heterocycles. The number of aliphatic hydroxyl groups is 1. The first-order valence-electron chi connectivity index (χ1n) is 13.3. The first-order valence-corrected chi connectivity index (χ1v) is 13.3. The fourth-order valence-electron chi connectivity index (χ4n) is 3.35. The number of nitrogens with two attached hydrogens (primary N) is 2. The van der Waals surface area contributed by atoms with Crippen LogP contribution in [-0.2, 0) is 30.5 Å². The van der Waals surface area contributed by atoms with Crippen molar-refractivity contribution in [3.63, 3.8) is 0 Å². The third kappa shape index (κ3) is 16.7. The molecule has 0 aliphatic rings. The van der Waals surface area contributed by atoms with Crippen molar-refractivity contribution >= 4 is 35.5 Å². The number of rotatable bonds is 19. The molecular weight excluding hydrogens is 538 g/mol. The van der Waals surface area contributed by atoms with Gasteiger partial charge in [-0.15, -0.1) is 0 Å². The van der Waals surface area contributed by atoms with Gasteiger partial charge in [-0.2, -0.15) is 0 Å². The smallest absolute Gasteiger partial charge is 0.407 e. The minimum absolute atomic E-state index is 0.0181. The average molecular weight is 582 g/mol. The number of amides is 6. The zero-order chi connectivity index (χ0) is 30.7. The van der Waals surface area contributed by atoms with Crippen LogP contribution >= 0.6 is 0 Å². The maximum Gasteiger partial charge on any atom is 0.407 e. The highest BCUT2D eigenvalue weighted by Gasteiger charge is 2.22. The number of hydrogen-bond acceptors (Lipinski definition) is 9. The van der Waals surface area contributed by atoms with Crippen LogP contribution in [0.1, 0.15) is 45.1 Å². The van der Waals surface area contributed by atoms with E-state index in [0.717, 1.165) is 0 Å². The molecule has 1 atom stereocenters. The van der Waals surface area contributed by atoms with Crippen molar-refractivity contribution in [3.8, 4) is 0 Å². The largest absolute Gasteiger partial charge is 0.445 e. The third-order valence-electron chi connectivity index (χ3n) is 5.61. The van der Waals surface area contributed by atoms with Crippen molar-refractivity contribution in [2.24, 2.45) is 11.5 Å². The lowest BCUT2D eigenvalue weighted by molar-refractivity contribution is -0.129. The van der Waals surface area contributed by atoms with Crippen molar-refractivity contribution in [2.45, 2.75) is 57.8 Å². The lowest BCUT2D eigenvalue weighted by atomic mass is 10.1. The van der Waals surface area contributed by atoms with Gasteiger partial charge >= 0.3 is 12.1 Å². The van der Waals surface area contributed by atoms with Crippen LogP contribution in [0.25, 0.3) is 0 Å². The second kappa shape index (κ2) is 19.2. The molecule has 230 valence electrons. The van der Waals surface area contributed by atoms with E-state index in [1.54, 1.807) is 38.1 Å². The van der Waals surface area contributed by atoms with Gasteiger partial charge in [0.05, 0.1) is 18.8 Å². The number of ether oxygens (including phenoxy) is 2. The highest BCUT2D eigenvalue weighted by molar-refractivity contribution is 5.97. The van der Waals surface area contributed by atoms with Gasteiger partial charge in [0.25, 0.3) is 0 Å². The van der Waals surface area contributed by atoms with Crippen molar-refractivity contribution in [3.05, 3.63) is 29.8 Å². The minimum Gasteiger partial charge on any atom is -0.445 e. The maximum atomic E-state index is 13.0. The van der Waals surface area contributed by atoms with E-state index in [9.17, 15) is 24.0 Å². The Morgan fingerprint density at radius 3 is 2.34 bits per heavy atom. The van der Waals surface area contributed by atoms with E-state index in [0.29, 0.717) is 37.2 Å². The Balaban J connectivity index is 2.63. The first-order chi connectivity index (χ1) is 19.5. The van der Waals surface area contributed by atoms with E-state index in [1.807, 2.05) is 0 Å². The van der Waals surface area contributed by atoms with Gasteiger partial charge in [-0.3, -0.25) is 14.4 Å². The molecule has 0 aromatic heterocycles. The van der Waals surface area contributed by atoms with Gasteiger partial charge in [0.15, 0.2) is 0 Å². The Kier molecular flexibility index (Phi) is 16.4. The molecule has 1 rings (SSSR count). The highest BCUT2D eigenvalue weighted by atomic mass is 16.5. The van der Waals surface area contributed by atoms with Gasteiger partial charge in [-0.1, -0.05) is 12.1 Å². The molecule has 41 heavy (non-hydrogen) atoms. The molecule has 0 bridgehead atoms. The molecule has 0 radical (unpaired) electrons. The molecule has 0 spiro atoms. The molecule has 15 heteroatoms. The highest BCUT2D eigenvalue weighted by Crippen LogP contribution is 2.14. The molecule has 0 saturated carbocycles. The monoisotopic (exact) mass is 581 g/mol. The minimum atomic E-state index is -0.967. The Hall–Kier alpha value is -3.95. The summed E-state index contributed by atoms with van der Waals surface area (Å²) in [4.78, 5) is 60.0. The van der Waals surface area contributed by atoms with E-state index < -0.39 is 41.5 Å². The summed E-state index contributed by atoms with van der Waals surface area (Å²) in [6, 6.07) is 4.90. The number of alkyl carbamates (subject to hydrolysis) is 1. The summed E-state index contributed by atoms with van der Waals surface area (Å²) >= 11 is 0. The summed E-state index contributed by atoms with van der Waals surface area (Å²) in [5.41, 5.74) is 10.9. The molecule has 0 fully saturated rings. The maximum absolute atomic E-state index is 13.0. The molecule has 6 amide bonds. The van der Waals surface area contributed by atoms with Crippen molar-refractivity contribution in [2.75, 3.05) is 44.7 Å². The number of anilines is 1. The van der Waals surface area contributed by atoms with Gasteiger partial charge < -0.3 is 52.6 Å². The van der Waals surface area contributed by atoms with Crippen LogP contribution in [0.2, 0.25) is 0 Å². The number of benzene rings is 1. The number of nitrogens with one attached hydrogen (secondary N) is 5. The van der Waals surface area contributed by atoms with Crippen molar-refractivity contribution in [1.82, 2.24) is 21.3 Å². The quantitative estimate of drug-likeness (QED) is 0.0975. The summed E-state index contributed by atoms with van der Waals surface area (Å²) in [6.45, 7) is 4.14. The fourth-order valence-corrected chi connectivity index (χ4v) is 3.35. The molecule has 1 unspecified atom stereocenters. The molecule has 10 N–H and O–H groups in total. The van der Waals surface area contributed by atoms with Crippen LogP contribution < -0.4 is 38.1 Å². The zero-order valence-corrected chi connectivity index (χ0v) is 23.6. The SMILES string of the molecule is CC(C)(CCO)OCCC(=O)NCC(=O)NC(CCCNC(N)=O)C(=O)Nc1ccc(COC(=O)NCCN)cc1. The van der Waals surface area contributed by atoms with Gasteiger partial charge in [0.1, 0.15) is 12.6 Å². The second-order valence-corrected chi connectivity index (χ2v) is 9.64. The summed E-state index contributed by atoms with van der Waals surface area (Å²) in [7, 11) is 0. The van der Waals surface area contributed by atoms with E-state index in [4.69, 9.17) is 26.0 Å². The van der Waals surface area contributed by atoms with Crippen LogP contribution in [0.5, 0.6) is 0 Å². The fraction of sp³-hybridized carbons (Fsp3) is 0.577. The molecule has 15 nitrogen and oxygen atoms in total. The van der Waals surface area contributed by atoms with Crippen LogP contribution in [0, 0.1) is 0 Å². The number of carbonyl (C=O) groups is 5. The van der Waals surface area contributed by atoms with Crippen molar-refractivity contribution in [1.29, 1.82) is 0 Å². The van der Waals surface area contributed by atoms with Gasteiger partial charge in [-0.25, -0.2) is 9.59 Å². The number of carbonyl (C=O) groups excluding carboxylic acids is 5. The predicted molar refractivity (Wildman–Crippen MR) is 150 cm³/mol. The Bertz CT molecular complexity index is 989. The Morgan fingerprint density at radius 1 is 1.00 bits per heavy atom. The lowest BCUT2D eigenvalue weighted by Gasteiger charge is -2.24. The van der Waals surface area contributed by atoms with E-state index in [-0.39, 0.29) is 45.8 Å². The summed E-state index contributed by atoms with van der Waals surface area (Å²) < 4.78 is 10.6. The number of aliphatic hydroxyl groups excluding tert-OH is 1. The van der Waals surface area contributed by atoms with Gasteiger partial charge in [0, 0.05) is 38.3 Å². The summed E-state index contributed by atoms with van der Waals surface area (Å²) in [6.07, 6.45) is 0.372. The zero-order valence-electron chi connectivity index (χ0n) is 23.6. The van der Waals surface area contributed by atoms with Crippen LogP contribution in [0.15, 0.2) is 24.3 Å². The van der Waals surface area contributed by atoms with E-state index in [1.165, 1.54) is 0 Å². The lowest BCUT2D eigenvalue weighted by Crippen LogP contribution is -2.47. The van der Waals surface area contributed by atoms with E-state index >= 15 is 0 Å². The van der Waals surface area contributed by atoms with Crippen LogP contribution in [0.3, 0.4) is 0 Å². The topological polar surface area (TPSA) is 236 Å². The normalized spacial score (nSPS) is 11.6. The number of urea groups is 1. The van der Waals surface area contributed by atoms with E-state index in [2.05, 4.69) is 26.6 Å². The summed E-state index contributed by atoms with van der Waals surface area (Å²) in [5.74, 6) is -1.50. The Morgan fingerprint density at radius 2 is 1.71 bits per heavy atom. The van der Waals surface area contributed by atoms with Crippen LogP contribution in [-0.4, -0.2) is 86.0 Å². The van der Waals surface area contributed by atoms with Gasteiger partial charge in [-0.05, 0) is 50.8 Å². The van der Waals surface area contributed by atoms with Crippen molar-refractivity contribution < 1.29 is 38.6 Å². The third-order valence-corrected chi connectivity index (χ3v) is 5.61. The average Bonchev–Trinajstić information content (AvgIpc) is 2.91. The first kappa shape index (κ1) is 35.1. The molecule has 1 aromatic rings. The molecule has 0 heterocycles.